The van der Waals surface area contributed by atoms with Crippen molar-refractivity contribution in [3.8, 4) is 0 Å². The number of hydrogen-bond donors (Lipinski definition) is 4. The van der Waals surface area contributed by atoms with Gasteiger partial charge in [-0.1, -0.05) is 12.8 Å². The number of hydrogen-bond acceptors (Lipinski definition) is 4. The van der Waals surface area contributed by atoms with Crippen LogP contribution in [0.15, 0.2) is 0 Å². The minimum atomic E-state index is -5.08. The van der Waals surface area contributed by atoms with E-state index in [0.717, 1.165) is 6.42 Å². The number of unbranched alkanes of at least 4 members (excludes halogenated alkanes) is 1. The third-order valence-corrected chi connectivity index (χ3v) is 6.55. The van der Waals surface area contributed by atoms with Crippen LogP contribution in [0.5, 0.6) is 0 Å². The molecule has 2 atom stereocenters. The topological polar surface area (TPSA) is 138 Å². The van der Waals surface area contributed by atoms with Gasteiger partial charge in [0.2, 0.25) is 7.37 Å². The van der Waals surface area contributed by atoms with E-state index in [0.29, 0.717) is 32.2 Å². The average Bonchev–Trinajstić information content (AvgIpc) is 2.40. The molecule has 136 valence electrons. The first-order valence-electron chi connectivity index (χ1n) is 6.96. The largest absolute Gasteiger partial charge is 0.490 e. The highest BCUT2D eigenvalue weighted by Gasteiger charge is 2.54. The number of carboxylic acid groups (broad SMARTS) is 2. The second-order valence-electron chi connectivity index (χ2n) is 5.27. The molecular weight excluding hydrogens is 342 g/mol. The number of halogens is 3. The van der Waals surface area contributed by atoms with E-state index in [-0.39, 0.29) is 12.6 Å². The highest BCUT2D eigenvalue weighted by Crippen LogP contribution is 2.62. The molecule has 0 aromatic carbocycles. The first kappa shape index (κ1) is 21.9. The summed E-state index contributed by atoms with van der Waals surface area (Å²) in [6.45, 7) is 0.491. The van der Waals surface area contributed by atoms with Crippen molar-refractivity contribution in [3.05, 3.63) is 0 Å². The molecule has 2 unspecified atom stereocenters. The fourth-order valence-electron chi connectivity index (χ4n) is 2.36. The predicted octanol–water partition coefficient (Wildman–Crippen LogP) is 2.03. The van der Waals surface area contributed by atoms with Crippen molar-refractivity contribution in [1.29, 1.82) is 0 Å². The summed E-state index contributed by atoms with van der Waals surface area (Å²) in [5, 5.41) is 15.0. The summed E-state index contributed by atoms with van der Waals surface area (Å²) in [5.74, 6) is -3.87. The molecule has 0 radical (unpaired) electrons. The Morgan fingerprint density at radius 1 is 1.17 bits per heavy atom. The molecule has 1 fully saturated rings. The summed E-state index contributed by atoms with van der Waals surface area (Å²) in [6, 6.07) is 0. The van der Waals surface area contributed by atoms with E-state index < -0.39 is 30.6 Å². The van der Waals surface area contributed by atoms with E-state index in [1.165, 1.54) is 0 Å². The normalized spacial score (nSPS) is 27.7. The van der Waals surface area contributed by atoms with Gasteiger partial charge in [0.25, 0.3) is 0 Å². The molecule has 0 amide bonds. The molecule has 0 spiro atoms. The van der Waals surface area contributed by atoms with Crippen molar-refractivity contribution in [3.63, 3.8) is 0 Å². The molecule has 23 heavy (non-hydrogen) atoms. The minimum Gasteiger partial charge on any atom is -0.480 e. The number of carboxylic acids is 2. The van der Waals surface area contributed by atoms with E-state index in [2.05, 4.69) is 0 Å². The SMILES string of the molecule is NCCCCC1(C(=O)O)CCCCP1(=O)O.O=C(O)C(F)(F)F. The fourth-order valence-corrected chi connectivity index (χ4v) is 4.75. The third kappa shape index (κ3) is 6.12. The molecule has 0 aromatic heterocycles. The molecule has 0 aliphatic carbocycles. The Balaban J connectivity index is 0.000000585. The van der Waals surface area contributed by atoms with Crippen LogP contribution in [0, 0.1) is 0 Å². The van der Waals surface area contributed by atoms with Gasteiger partial charge in [0, 0.05) is 6.16 Å². The van der Waals surface area contributed by atoms with Crippen LogP contribution in [0.2, 0.25) is 0 Å². The number of alkyl halides is 3. The number of nitrogens with two attached hydrogens (primary N) is 1. The maximum atomic E-state index is 12.1. The van der Waals surface area contributed by atoms with Gasteiger partial charge in [-0.05, 0) is 32.2 Å². The Labute approximate surface area is 131 Å². The molecule has 1 aliphatic rings. The average molecular weight is 363 g/mol. The van der Waals surface area contributed by atoms with Gasteiger partial charge < -0.3 is 20.8 Å². The zero-order valence-electron chi connectivity index (χ0n) is 12.4. The molecule has 1 rings (SSSR count). The summed E-state index contributed by atoms with van der Waals surface area (Å²) >= 11 is 0. The van der Waals surface area contributed by atoms with Crippen molar-refractivity contribution >= 4 is 19.3 Å². The monoisotopic (exact) mass is 363 g/mol. The first-order valence-corrected chi connectivity index (χ1v) is 8.80. The zero-order chi connectivity index (χ0) is 18.3. The molecule has 1 heterocycles. The fraction of sp³-hybridized carbons (Fsp3) is 0.833. The van der Waals surface area contributed by atoms with Gasteiger partial charge in [-0.3, -0.25) is 9.36 Å². The Morgan fingerprint density at radius 3 is 2.04 bits per heavy atom. The lowest BCUT2D eigenvalue weighted by molar-refractivity contribution is -0.192. The van der Waals surface area contributed by atoms with Gasteiger partial charge in [-0.2, -0.15) is 13.2 Å². The van der Waals surface area contributed by atoms with Gasteiger partial charge in [0.15, 0.2) is 0 Å². The van der Waals surface area contributed by atoms with Crippen LogP contribution < -0.4 is 5.73 Å². The van der Waals surface area contributed by atoms with E-state index >= 15 is 0 Å². The molecule has 0 saturated carbocycles. The predicted molar refractivity (Wildman–Crippen MR) is 75.5 cm³/mol. The Bertz CT molecular complexity index is 470. The number of rotatable bonds is 5. The van der Waals surface area contributed by atoms with Crippen LogP contribution in [-0.4, -0.2) is 51.1 Å². The maximum absolute atomic E-state index is 12.1. The summed E-state index contributed by atoms with van der Waals surface area (Å²) in [7, 11) is -3.56. The van der Waals surface area contributed by atoms with Crippen LogP contribution in [0.3, 0.4) is 0 Å². The van der Waals surface area contributed by atoms with Crippen LogP contribution >= 0.6 is 7.37 Å². The van der Waals surface area contributed by atoms with Crippen molar-refractivity contribution in [2.24, 2.45) is 5.73 Å². The van der Waals surface area contributed by atoms with E-state index in [4.69, 9.17) is 15.6 Å². The van der Waals surface area contributed by atoms with Crippen molar-refractivity contribution in [2.45, 2.75) is 49.9 Å². The smallest absolute Gasteiger partial charge is 0.480 e. The van der Waals surface area contributed by atoms with Crippen LogP contribution in [0.25, 0.3) is 0 Å². The maximum Gasteiger partial charge on any atom is 0.490 e. The Kier molecular flexibility index (Phi) is 8.23. The standard InChI is InChI=1S/C10H20NO4P.C2HF3O2/c11-7-3-1-5-10(9(12)13)6-2-4-8-16(10,14)15;3-2(4,5)1(6)7/h1-8,11H2,(H,12,13)(H,14,15);(H,6,7). The molecule has 0 bridgehead atoms. The summed E-state index contributed by atoms with van der Waals surface area (Å²) in [4.78, 5) is 30.1. The van der Waals surface area contributed by atoms with Crippen LogP contribution in [0.4, 0.5) is 13.2 Å². The zero-order valence-corrected chi connectivity index (χ0v) is 13.3. The van der Waals surface area contributed by atoms with Gasteiger partial charge in [0.1, 0.15) is 5.16 Å². The number of carbonyl (C=O) groups is 2. The van der Waals surface area contributed by atoms with Gasteiger partial charge >= 0.3 is 18.1 Å². The molecular formula is C12H21F3NO6P. The highest BCUT2D eigenvalue weighted by atomic mass is 31.2. The molecule has 1 saturated heterocycles. The van der Waals surface area contributed by atoms with Gasteiger partial charge in [0.05, 0.1) is 0 Å². The lowest BCUT2D eigenvalue weighted by atomic mass is 9.94. The van der Waals surface area contributed by atoms with E-state index in [9.17, 15) is 32.5 Å². The van der Waals surface area contributed by atoms with Crippen molar-refractivity contribution in [1.82, 2.24) is 0 Å². The summed E-state index contributed by atoms with van der Waals surface area (Å²) < 4.78 is 43.8. The molecule has 7 nitrogen and oxygen atoms in total. The summed E-state index contributed by atoms with van der Waals surface area (Å²) in [5.41, 5.74) is 5.35. The molecule has 5 N–H and O–H groups in total. The highest BCUT2D eigenvalue weighted by molar-refractivity contribution is 7.60. The third-order valence-electron chi connectivity index (χ3n) is 3.66. The second kappa shape index (κ2) is 8.65. The second-order valence-corrected chi connectivity index (χ2v) is 7.97. The van der Waals surface area contributed by atoms with Crippen LogP contribution in [-0.2, 0) is 14.2 Å². The van der Waals surface area contributed by atoms with Crippen molar-refractivity contribution in [2.75, 3.05) is 12.7 Å². The first-order chi connectivity index (χ1) is 10.4. The Hall–Kier alpha value is -1.12. The van der Waals surface area contributed by atoms with Gasteiger partial charge in [-0.25, -0.2) is 4.79 Å². The minimum absolute atomic E-state index is 0.141. The van der Waals surface area contributed by atoms with E-state index in [1.807, 2.05) is 0 Å². The lowest BCUT2D eigenvalue weighted by Gasteiger charge is -2.37. The number of aliphatic carboxylic acids is 2. The molecule has 11 heteroatoms. The summed E-state index contributed by atoms with van der Waals surface area (Å²) in [6.07, 6.45) is -1.67. The molecule has 0 aromatic rings. The molecule has 1 aliphatic heterocycles. The quantitative estimate of drug-likeness (QED) is 0.433. The lowest BCUT2D eigenvalue weighted by Crippen LogP contribution is -2.41. The van der Waals surface area contributed by atoms with Crippen LogP contribution in [0.1, 0.15) is 38.5 Å². The van der Waals surface area contributed by atoms with Crippen molar-refractivity contribution < 1.29 is 42.4 Å². The van der Waals surface area contributed by atoms with E-state index in [1.54, 1.807) is 0 Å². The Morgan fingerprint density at radius 2 is 1.70 bits per heavy atom. The van der Waals surface area contributed by atoms with Gasteiger partial charge in [-0.15, -0.1) is 0 Å².